The Bertz CT molecular complexity index is 367. The summed E-state index contributed by atoms with van der Waals surface area (Å²) < 4.78 is 0. The number of pyridine rings is 1. The third kappa shape index (κ3) is 3.56. The van der Waals surface area contributed by atoms with Gasteiger partial charge in [-0.15, -0.1) is 12.4 Å². The number of aromatic hydroxyl groups is 1. The Balaban J connectivity index is 0.00000144. The molecule has 1 saturated heterocycles. The second kappa shape index (κ2) is 6.19. The second-order valence-electron chi connectivity index (χ2n) is 4.48. The van der Waals surface area contributed by atoms with Crippen molar-refractivity contribution in [2.24, 2.45) is 0 Å². The van der Waals surface area contributed by atoms with Gasteiger partial charge in [-0.1, -0.05) is 0 Å². The third-order valence-electron chi connectivity index (χ3n) is 3.15. The Kier molecular flexibility index (Phi) is 5.18. The fraction of sp³-hybridized carbons (Fsp3) is 0.583. The van der Waals surface area contributed by atoms with Gasteiger partial charge in [-0.25, -0.2) is 0 Å². The van der Waals surface area contributed by atoms with Crippen LogP contribution in [0.5, 0.6) is 5.75 Å². The molecule has 1 atom stereocenters. The van der Waals surface area contributed by atoms with Crippen LogP contribution >= 0.6 is 12.4 Å². The molecule has 0 amide bonds. The van der Waals surface area contributed by atoms with Gasteiger partial charge in [-0.3, -0.25) is 9.88 Å². The average molecular weight is 258 g/mol. The Morgan fingerprint density at radius 3 is 2.94 bits per heavy atom. The molecule has 2 N–H and O–H groups in total. The van der Waals surface area contributed by atoms with Crippen molar-refractivity contribution < 1.29 is 5.11 Å². The topological polar surface area (TPSA) is 48.4 Å². The highest BCUT2D eigenvalue weighted by Gasteiger charge is 2.20. The number of aryl methyl sites for hydroxylation is 1. The molecule has 1 aromatic heterocycles. The molecule has 0 saturated carbocycles. The van der Waals surface area contributed by atoms with Crippen molar-refractivity contribution in [3.63, 3.8) is 0 Å². The molecule has 0 bridgehead atoms. The van der Waals surface area contributed by atoms with Crippen LogP contribution in [0.15, 0.2) is 12.1 Å². The van der Waals surface area contributed by atoms with Gasteiger partial charge >= 0.3 is 0 Å². The van der Waals surface area contributed by atoms with E-state index in [9.17, 15) is 5.11 Å². The summed E-state index contributed by atoms with van der Waals surface area (Å²) in [6, 6.07) is 4.11. The van der Waals surface area contributed by atoms with Crippen LogP contribution in [0.2, 0.25) is 0 Å². The highest BCUT2D eigenvalue weighted by atomic mass is 35.5. The van der Waals surface area contributed by atoms with E-state index in [2.05, 4.69) is 22.2 Å². The number of halogens is 1. The fourth-order valence-corrected chi connectivity index (χ4v) is 2.10. The summed E-state index contributed by atoms with van der Waals surface area (Å²) in [5, 5.41) is 13.1. The van der Waals surface area contributed by atoms with Crippen molar-refractivity contribution in [2.45, 2.75) is 25.9 Å². The molecular formula is C12H20ClN3O. The molecule has 0 aliphatic carbocycles. The lowest BCUT2D eigenvalue weighted by Crippen LogP contribution is -2.33. The van der Waals surface area contributed by atoms with Crippen molar-refractivity contribution in [1.29, 1.82) is 0 Å². The molecule has 5 heteroatoms. The molecular weight excluding hydrogens is 238 g/mol. The zero-order chi connectivity index (χ0) is 11.5. The Hall–Kier alpha value is -0.840. The van der Waals surface area contributed by atoms with E-state index in [1.54, 1.807) is 6.07 Å². The number of nitrogens with one attached hydrogen (secondary N) is 1. The predicted octanol–water partition coefficient (Wildman–Crippen LogP) is 1.31. The van der Waals surface area contributed by atoms with E-state index in [0.29, 0.717) is 18.3 Å². The zero-order valence-electron chi connectivity index (χ0n) is 10.3. The lowest BCUT2D eigenvalue weighted by Gasteiger charge is -2.23. The molecule has 1 aromatic rings. The van der Waals surface area contributed by atoms with Gasteiger partial charge in [0.05, 0.1) is 5.69 Å². The minimum absolute atomic E-state index is 0. The van der Waals surface area contributed by atoms with Gasteiger partial charge in [-0.05, 0) is 39.1 Å². The van der Waals surface area contributed by atoms with Crippen LogP contribution in [0.4, 0.5) is 0 Å². The maximum atomic E-state index is 9.72. The average Bonchev–Trinajstić information content (AvgIpc) is 2.76. The van der Waals surface area contributed by atoms with E-state index in [1.165, 1.54) is 6.42 Å². The lowest BCUT2D eigenvalue weighted by atomic mass is 10.2. The summed E-state index contributed by atoms with van der Waals surface area (Å²) in [6.07, 6.45) is 1.17. The van der Waals surface area contributed by atoms with E-state index in [-0.39, 0.29) is 12.4 Å². The first kappa shape index (κ1) is 14.2. The first-order valence-electron chi connectivity index (χ1n) is 5.73. The maximum Gasteiger partial charge on any atom is 0.138 e. The van der Waals surface area contributed by atoms with Gasteiger partial charge in [0.25, 0.3) is 0 Å². The molecule has 17 heavy (non-hydrogen) atoms. The Morgan fingerprint density at radius 2 is 2.29 bits per heavy atom. The van der Waals surface area contributed by atoms with Crippen molar-refractivity contribution in [3.8, 4) is 5.75 Å². The molecule has 1 fully saturated rings. The monoisotopic (exact) mass is 257 g/mol. The quantitative estimate of drug-likeness (QED) is 0.857. The number of nitrogens with zero attached hydrogens (tertiary/aromatic N) is 2. The molecule has 2 heterocycles. The van der Waals surface area contributed by atoms with E-state index < -0.39 is 0 Å². The zero-order valence-corrected chi connectivity index (χ0v) is 11.1. The highest BCUT2D eigenvalue weighted by Crippen LogP contribution is 2.18. The lowest BCUT2D eigenvalue weighted by molar-refractivity contribution is 0.242. The van der Waals surface area contributed by atoms with Crippen LogP contribution < -0.4 is 5.32 Å². The van der Waals surface area contributed by atoms with Crippen LogP contribution in [0.3, 0.4) is 0 Å². The summed E-state index contributed by atoms with van der Waals surface area (Å²) in [4.78, 5) is 6.62. The van der Waals surface area contributed by atoms with E-state index >= 15 is 0 Å². The first-order valence-corrected chi connectivity index (χ1v) is 5.73. The molecule has 1 aliphatic heterocycles. The minimum atomic E-state index is 0. The van der Waals surface area contributed by atoms with Crippen molar-refractivity contribution >= 4 is 12.4 Å². The number of likely N-dealkylation sites (N-methyl/N-ethyl adjacent to an activating group) is 1. The summed E-state index contributed by atoms with van der Waals surface area (Å²) in [6.45, 7) is 4.77. The van der Waals surface area contributed by atoms with E-state index in [0.717, 1.165) is 24.5 Å². The van der Waals surface area contributed by atoms with Crippen molar-refractivity contribution in [2.75, 3.05) is 20.1 Å². The molecule has 1 aliphatic rings. The standard InChI is InChI=1S/C12H19N3O.ClH/c1-9-3-4-12(16)11(14-9)8-15(2)10-5-6-13-7-10;/h3-4,10,13,16H,5-8H2,1-2H3;1H. The van der Waals surface area contributed by atoms with Gasteiger partial charge in [0.15, 0.2) is 0 Å². The van der Waals surface area contributed by atoms with Crippen LogP contribution in [0, 0.1) is 6.92 Å². The highest BCUT2D eigenvalue weighted by molar-refractivity contribution is 5.85. The van der Waals surface area contributed by atoms with Gasteiger partial charge < -0.3 is 10.4 Å². The molecule has 96 valence electrons. The fourth-order valence-electron chi connectivity index (χ4n) is 2.10. The molecule has 4 nitrogen and oxygen atoms in total. The van der Waals surface area contributed by atoms with E-state index in [1.807, 2.05) is 13.0 Å². The second-order valence-corrected chi connectivity index (χ2v) is 4.48. The first-order chi connectivity index (χ1) is 7.66. The third-order valence-corrected chi connectivity index (χ3v) is 3.15. The van der Waals surface area contributed by atoms with E-state index in [4.69, 9.17) is 0 Å². The normalized spacial score (nSPS) is 19.4. The Morgan fingerprint density at radius 1 is 1.53 bits per heavy atom. The van der Waals surface area contributed by atoms with Crippen molar-refractivity contribution in [3.05, 3.63) is 23.5 Å². The Labute approximate surface area is 108 Å². The molecule has 0 spiro atoms. The summed E-state index contributed by atoms with van der Waals surface area (Å²) in [5.41, 5.74) is 1.72. The predicted molar refractivity (Wildman–Crippen MR) is 70.6 cm³/mol. The summed E-state index contributed by atoms with van der Waals surface area (Å²) in [5.74, 6) is 0.295. The van der Waals surface area contributed by atoms with Crippen LogP contribution in [0.1, 0.15) is 17.8 Å². The smallest absolute Gasteiger partial charge is 0.138 e. The number of rotatable bonds is 3. The van der Waals surface area contributed by atoms with Crippen molar-refractivity contribution in [1.82, 2.24) is 15.2 Å². The SMILES string of the molecule is Cc1ccc(O)c(CN(C)C2CCNC2)n1.Cl. The van der Waals surface area contributed by atoms with Crippen LogP contribution in [-0.2, 0) is 6.54 Å². The van der Waals surface area contributed by atoms with Gasteiger partial charge in [-0.2, -0.15) is 0 Å². The maximum absolute atomic E-state index is 9.72. The van der Waals surface area contributed by atoms with Gasteiger partial charge in [0, 0.05) is 24.8 Å². The van der Waals surface area contributed by atoms with Crippen LogP contribution in [0.25, 0.3) is 0 Å². The van der Waals surface area contributed by atoms with Crippen LogP contribution in [-0.4, -0.2) is 41.2 Å². The molecule has 0 radical (unpaired) electrons. The summed E-state index contributed by atoms with van der Waals surface area (Å²) >= 11 is 0. The largest absolute Gasteiger partial charge is 0.506 e. The number of aromatic nitrogens is 1. The molecule has 0 aromatic carbocycles. The number of hydrogen-bond acceptors (Lipinski definition) is 4. The molecule has 2 rings (SSSR count). The molecule has 1 unspecified atom stereocenters. The van der Waals surface area contributed by atoms with Gasteiger partial charge in [0.1, 0.15) is 5.75 Å². The number of hydrogen-bond donors (Lipinski definition) is 2. The van der Waals surface area contributed by atoms with Gasteiger partial charge in [0.2, 0.25) is 0 Å². The minimum Gasteiger partial charge on any atom is -0.506 e. The summed E-state index contributed by atoms with van der Waals surface area (Å²) in [7, 11) is 2.08.